The van der Waals surface area contributed by atoms with Gasteiger partial charge in [0.15, 0.2) is 0 Å². The smallest absolute Gasteiger partial charge is 0.408 e. The molecule has 0 fully saturated rings. The fourth-order valence-electron chi connectivity index (χ4n) is 3.63. The number of carbonyl (C=O) groups excluding carboxylic acids is 3. The van der Waals surface area contributed by atoms with Gasteiger partial charge in [-0.25, -0.2) is 4.79 Å². The minimum absolute atomic E-state index is 0.0625. The van der Waals surface area contributed by atoms with Crippen LogP contribution in [0, 0.1) is 6.92 Å². The molecular weight excluding hydrogens is 474 g/mol. The Balaban J connectivity index is 2.37. The van der Waals surface area contributed by atoms with Crippen LogP contribution in [0.4, 0.5) is 4.79 Å². The van der Waals surface area contributed by atoms with E-state index in [9.17, 15) is 14.4 Å². The van der Waals surface area contributed by atoms with Crippen LogP contribution < -0.4 is 10.6 Å². The van der Waals surface area contributed by atoms with Gasteiger partial charge in [0.25, 0.3) is 0 Å². The summed E-state index contributed by atoms with van der Waals surface area (Å²) in [6.45, 7) is 9.94. The Labute approximate surface area is 220 Å². The van der Waals surface area contributed by atoms with E-state index in [2.05, 4.69) is 23.3 Å². The summed E-state index contributed by atoms with van der Waals surface area (Å²) < 4.78 is 5.34. The van der Waals surface area contributed by atoms with Gasteiger partial charge in [-0.15, -0.1) is 0 Å². The first-order valence-corrected chi connectivity index (χ1v) is 13.0. The van der Waals surface area contributed by atoms with E-state index in [-0.39, 0.29) is 17.6 Å². The lowest BCUT2D eigenvalue weighted by molar-refractivity contribution is -0.142. The fraction of sp³-hybridized carbons (Fsp3) is 0.464. The lowest BCUT2D eigenvalue weighted by Crippen LogP contribution is -2.54. The lowest BCUT2D eigenvalue weighted by Gasteiger charge is -2.34. The highest BCUT2D eigenvalue weighted by Crippen LogP contribution is 2.24. The molecule has 2 N–H and O–H groups in total. The largest absolute Gasteiger partial charge is 0.444 e. The first-order chi connectivity index (χ1) is 17.1. The van der Waals surface area contributed by atoms with Crippen LogP contribution in [0.5, 0.6) is 0 Å². The molecule has 0 saturated carbocycles. The van der Waals surface area contributed by atoms with Crippen LogP contribution in [0.3, 0.4) is 0 Å². The van der Waals surface area contributed by atoms with Crippen molar-refractivity contribution in [2.24, 2.45) is 0 Å². The van der Waals surface area contributed by atoms with Gasteiger partial charge in [-0.1, -0.05) is 73.5 Å². The van der Waals surface area contributed by atoms with E-state index in [1.165, 1.54) is 0 Å². The molecule has 2 aromatic rings. The van der Waals surface area contributed by atoms with Crippen LogP contribution in [0.2, 0.25) is 0 Å². The standard InChI is InChI=1S/C28H39N3O4S/c1-6-7-17-31(26(33)23(19-36)30-27(34)35-28(3,4)5)24(22-15-13-20(2)14-16-22)25(32)29-18-21-11-9-8-10-12-21/h8-16,23-24,36H,6-7,17-19H2,1-5H3,(H,29,32)(H,30,34). The highest BCUT2D eigenvalue weighted by Gasteiger charge is 2.35. The number of unbranched alkanes of at least 4 members (excludes halogenated alkanes) is 1. The number of rotatable bonds is 11. The average Bonchev–Trinajstić information content (AvgIpc) is 2.83. The summed E-state index contributed by atoms with van der Waals surface area (Å²) in [6.07, 6.45) is 0.832. The number of amides is 3. The number of carbonyl (C=O) groups is 3. The van der Waals surface area contributed by atoms with Gasteiger partial charge < -0.3 is 20.3 Å². The molecule has 0 aliphatic heterocycles. The first kappa shape index (κ1) is 29.2. The number of nitrogens with one attached hydrogen (secondary N) is 2. The van der Waals surface area contributed by atoms with E-state index in [0.29, 0.717) is 25.1 Å². The van der Waals surface area contributed by atoms with E-state index in [1.807, 2.05) is 68.4 Å². The highest BCUT2D eigenvalue weighted by molar-refractivity contribution is 7.80. The van der Waals surface area contributed by atoms with Crippen LogP contribution in [0.15, 0.2) is 54.6 Å². The van der Waals surface area contributed by atoms with Crippen molar-refractivity contribution in [1.82, 2.24) is 15.5 Å². The van der Waals surface area contributed by atoms with Gasteiger partial charge in [0, 0.05) is 18.8 Å². The summed E-state index contributed by atoms with van der Waals surface area (Å²) in [6, 6.07) is 15.4. The van der Waals surface area contributed by atoms with E-state index >= 15 is 0 Å². The van der Waals surface area contributed by atoms with Gasteiger partial charge >= 0.3 is 6.09 Å². The molecule has 2 rings (SSSR count). The molecule has 36 heavy (non-hydrogen) atoms. The summed E-state index contributed by atoms with van der Waals surface area (Å²) in [7, 11) is 0. The third kappa shape index (κ3) is 9.22. The predicted octanol–water partition coefficient (Wildman–Crippen LogP) is 4.80. The number of hydrogen-bond donors (Lipinski definition) is 3. The molecule has 0 bridgehead atoms. The molecule has 0 radical (unpaired) electrons. The van der Waals surface area contributed by atoms with E-state index in [0.717, 1.165) is 17.5 Å². The zero-order chi connectivity index (χ0) is 26.7. The highest BCUT2D eigenvalue weighted by atomic mass is 32.1. The second kappa shape index (κ2) is 13.9. The molecule has 196 valence electrons. The van der Waals surface area contributed by atoms with Crippen LogP contribution in [0.25, 0.3) is 0 Å². The van der Waals surface area contributed by atoms with E-state index in [1.54, 1.807) is 25.7 Å². The monoisotopic (exact) mass is 513 g/mol. The first-order valence-electron chi connectivity index (χ1n) is 12.3. The third-order valence-electron chi connectivity index (χ3n) is 5.47. The molecule has 2 atom stereocenters. The minimum atomic E-state index is -0.949. The zero-order valence-corrected chi connectivity index (χ0v) is 22.8. The van der Waals surface area contributed by atoms with Crippen molar-refractivity contribution in [1.29, 1.82) is 0 Å². The fourth-order valence-corrected chi connectivity index (χ4v) is 3.88. The van der Waals surface area contributed by atoms with Crippen molar-refractivity contribution >= 4 is 30.5 Å². The molecular formula is C28H39N3O4S. The lowest BCUT2D eigenvalue weighted by atomic mass is 10.0. The number of benzene rings is 2. The molecule has 0 heterocycles. The van der Waals surface area contributed by atoms with Crippen LogP contribution in [-0.4, -0.2) is 46.7 Å². The molecule has 2 unspecified atom stereocenters. The van der Waals surface area contributed by atoms with Gasteiger partial charge in [0.05, 0.1) is 0 Å². The zero-order valence-electron chi connectivity index (χ0n) is 21.9. The minimum Gasteiger partial charge on any atom is -0.444 e. The second-order valence-corrected chi connectivity index (χ2v) is 10.1. The predicted molar refractivity (Wildman–Crippen MR) is 146 cm³/mol. The maximum absolute atomic E-state index is 13.8. The number of thiol groups is 1. The van der Waals surface area contributed by atoms with E-state index in [4.69, 9.17) is 4.74 Å². The molecule has 7 nitrogen and oxygen atoms in total. The van der Waals surface area contributed by atoms with Crippen molar-refractivity contribution in [3.05, 3.63) is 71.3 Å². The Morgan fingerprint density at radius 3 is 2.22 bits per heavy atom. The molecule has 0 aliphatic rings. The van der Waals surface area contributed by atoms with Gasteiger partial charge in [0.2, 0.25) is 11.8 Å². The SMILES string of the molecule is CCCCN(C(=O)C(CS)NC(=O)OC(C)(C)C)C(C(=O)NCc1ccccc1)c1ccc(C)cc1. The molecule has 0 saturated heterocycles. The maximum Gasteiger partial charge on any atom is 0.408 e. The summed E-state index contributed by atoms with van der Waals surface area (Å²) in [5.41, 5.74) is 2.00. The van der Waals surface area contributed by atoms with Crippen molar-refractivity contribution in [2.45, 2.75) is 71.7 Å². The van der Waals surface area contributed by atoms with Crippen molar-refractivity contribution < 1.29 is 19.1 Å². The number of nitrogens with zero attached hydrogens (tertiary/aromatic N) is 1. The second-order valence-electron chi connectivity index (χ2n) is 9.78. The summed E-state index contributed by atoms with van der Waals surface area (Å²) in [4.78, 5) is 41.3. The number of aryl methyl sites for hydroxylation is 1. The summed E-state index contributed by atoms with van der Waals surface area (Å²) in [5, 5.41) is 5.62. The van der Waals surface area contributed by atoms with Gasteiger partial charge in [-0.2, -0.15) is 12.6 Å². The van der Waals surface area contributed by atoms with Crippen LogP contribution in [-0.2, 0) is 20.9 Å². The quantitative estimate of drug-likeness (QED) is 0.377. The number of hydrogen-bond acceptors (Lipinski definition) is 5. The van der Waals surface area contributed by atoms with Crippen LogP contribution >= 0.6 is 12.6 Å². The maximum atomic E-state index is 13.8. The van der Waals surface area contributed by atoms with E-state index < -0.39 is 23.8 Å². The number of ether oxygens (including phenoxy) is 1. The molecule has 0 spiro atoms. The molecule has 2 aromatic carbocycles. The molecule has 0 aliphatic carbocycles. The molecule has 0 aromatic heterocycles. The third-order valence-corrected chi connectivity index (χ3v) is 5.84. The van der Waals surface area contributed by atoms with Crippen molar-refractivity contribution in [3.63, 3.8) is 0 Å². The Kier molecular flexibility index (Phi) is 11.3. The Hall–Kier alpha value is -3.00. The summed E-state index contributed by atoms with van der Waals surface area (Å²) >= 11 is 4.32. The summed E-state index contributed by atoms with van der Waals surface area (Å²) in [5.74, 6) is -0.612. The number of alkyl carbamates (subject to hydrolysis) is 1. The van der Waals surface area contributed by atoms with Crippen LogP contribution in [0.1, 0.15) is 63.3 Å². The molecule has 3 amide bonds. The topological polar surface area (TPSA) is 87.7 Å². The van der Waals surface area contributed by atoms with Gasteiger partial charge in [-0.05, 0) is 45.2 Å². The molecule has 8 heteroatoms. The average molecular weight is 514 g/mol. The Bertz CT molecular complexity index is 990. The Morgan fingerprint density at radius 2 is 1.67 bits per heavy atom. The van der Waals surface area contributed by atoms with Gasteiger partial charge in [0.1, 0.15) is 17.7 Å². The van der Waals surface area contributed by atoms with Crippen molar-refractivity contribution in [3.8, 4) is 0 Å². The van der Waals surface area contributed by atoms with Gasteiger partial charge in [-0.3, -0.25) is 9.59 Å². The van der Waals surface area contributed by atoms with Crippen molar-refractivity contribution in [2.75, 3.05) is 12.3 Å². The normalized spacial score (nSPS) is 12.8. The Morgan fingerprint density at radius 1 is 1.03 bits per heavy atom.